The lowest BCUT2D eigenvalue weighted by Crippen LogP contribution is -2.40. The molecule has 1 aliphatic heterocycles. The average Bonchev–Trinajstić information content (AvgIpc) is 2.83. The minimum absolute atomic E-state index is 0.0429. The molecule has 40 heavy (non-hydrogen) atoms. The SMILES string of the molecule is Cc1cc([C@@H](C)NC(=O)c2ccc3nc(C(F)(F)F)c(N4CCC(F)(F)CC4)cc3c2)c(F)cc1NS(C)(=O)=O. The summed E-state index contributed by atoms with van der Waals surface area (Å²) in [5, 5.41) is 2.82. The fourth-order valence-electron chi connectivity index (χ4n) is 4.53. The molecule has 2 aromatic carbocycles. The van der Waals surface area contributed by atoms with Crippen LogP contribution in [0.5, 0.6) is 0 Å². The van der Waals surface area contributed by atoms with Crippen molar-refractivity contribution in [2.24, 2.45) is 0 Å². The van der Waals surface area contributed by atoms with Gasteiger partial charge in [-0.2, -0.15) is 13.2 Å². The lowest BCUT2D eigenvalue weighted by atomic mass is 10.0. The highest BCUT2D eigenvalue weighted by Gasteiger charge is 2.40. The van der Waals surface area contributed by atoms with Crippen LogP contribution in [0.25, 0.3) is 10.9 Å². The lowest BCUT2D eigenvalue weighted by Gasteiger charge is -2.34. The van der Waals surface area contributed by atoms with Crippen LogP contribution in [0.1, 0.15) is 53.0 Å². The molecule has 0 spiro atoms. The maximum absolute atomic E-state index is 14.8. The molecular weight excluding hydrogens is 562 g/mol. The molecule has 0 saturated carbocycles. The van der Waals surface area contributed by atoms with Crippen molar-refractivity contribution >= 4 is 38.2 Å². The number of sulfonamides is 1. The number of halogens is 6. The Morgan fingerprint density at radius 2 is 1.75 bits per heavy atom. The zero-order valence-electron chi connectivity index (χ0n) is 21.7. The average molecular weight is 589 g/mol. The number of nitrogens with one attached hydrogen (secondary N) is 2. The number of aryl methyl sites for hydroxylation is 1. The smallest absolute Gasteiger partial charge is 0.369 e. The van der Waals surface area contributed by atoms with Crippen molar-refractivity contribution < 1.29 is 39.6 Å². The number of piperidine rings is 1. The maximum Gasteiger partial charge on any atom is 0.435 e. The summed E-state index contributed by atoms with van der Waals surface area (Å²) in [5.41, 5.74) is -0.967. The van der Waals surface area contributed by atoms with Crippen LogP contribution in [0, 0.1) is 12.7 Å². The highest BCUT2D eigenvalue weighted by molar-refractivity contribution is 7.92. The van der Waals surface area contributed by atoms with E-state index in [1.54, 1.807) is 6.92 Å². The van der Waals surface area contributed by atoms with Gasteiger partial charge in [0.1, 0.15) is 5.82 Å². The summed E-state index contributed by atoms with van der Waals surface area (Å²) in [6.45, 7) is 2.51. The van der Waals surface area contributed by atoms with Gasteiger partial charge in [-0.25, -0.2) is 26.6 Å². The Morgan fingerprint density at radius 3 is 2.35 bits per heavy atom. The first kappa shape index (κ1) is 29.4. The van der Waals surface area contributed by atoms with Gasteiger partial charge in [0.2, 0.25) is 10.0 Å². The molecule has 1 saturated heterocycles. The normalized spacial score (nSPS) is 16.6. The van der Waals surface area contributed by atoms with Gasteiger partial charge in [0.15, 0.2) is 5.69 Å². The molecule has 1 amide bonds. The molecule has 1 aliphatic rings. The van der Waals surface area contributed by atoms with Gasteiger partial charge in [-0.05, 0) is 55.8 Å². The summed E-state index contributed by atoms with van der Waals surface area (Å²) in [4.78, 5) is 17.9. The molecule has 0 radical (unpaired) electrons. The summed E-state index contributed by atoms with van der Waals surface area (Å²) in [6, 6.07) is 6.58. The van der Waals surface area contributed by atoms with Crippen LogP contribution < -0.4 is 14.9 Å². The Labute approximate surface area is 226 Å². The first-order chi connectivity index (χ1) is 18.4. The van der Waals surface area contributed by atoms with E-state index in [0.717, 1.165) is 12.3 Å². The molecule has 2 N–H and O–H groups in total. The number of alkyl halides is 5. The van der Waals surface area contributed by atoms with Crippen LogP contribution in [0.2, 0.25) is 0 Å². The summed E-state index contributed by atoms with van der Waals surface area (Å²) >= 11 is 0. The number of aromatic nitrogens is 1. The first-order valence-corrected chi connectivity index (χ1v) is 14.1. The minimum atomic E-state index is -4.83. The standard InChI is InChI=1S/C26H26F6N4O3S/c1-14-10-18(19(27)13-21(14)35-40(3,38)39)15(2)33-24(37)16-4-5-20-17(11-16)12-22(23(34-20)26(30,31)32)36-8-6-25(28,29)7-9-36/h4-5,10-13,15,35H,6-9H2,1-3H3,(H,33,37)/t15-/m1/s1. The van der Waals surface area contributed by atoms with E-state index in [-0.39, 0.29) is 46.5 Å². The molecule has 1 aromatic heterocycles. The van der Waals surface area contributed by atoms with Gasteiger partial charge in [0, 0.05) is 42.4 Å². The van der Waals surface area contributed by atoms with E-state index in [0.29, 0.717) is 5.56 Å². The van der Waals surface area contributed by atoms with Crippen LogP contribution in [0.15, 0.2) is 36.4 Å². The summed E-state index contributed by atoms with van der Waals surface area (Å²) in [5.74, 6) is -4.36. The monoisotopic (exact) mass is 588 g/mol. The quantitative estimate of drug-likeness (QED) is 0.356. The number of hydrogen-bond donors (Lipinski definition) is 2. The second kappa shape index (κ2) is 10.5. The molecule has 0 aliphatic carbocycles. The van der Waals surface area contributed by atoms with Crippen molar-refractivity contribution in [2.75, 3.05) is 29.0 Å². The Bertz CT molecular complexity index is 1570. The molecule has 14 heteroatoms. The van der Waals surface area contributed by atoms with Crippen LogP contribution >= 0.6 is 0 Å². The van der Waals surface area contributed by atoms with Gasteiger partial charge >= 0.3 is 6.18 Å². The molecule has 216 valence electrons. The van der Waals surface area contributed by atoms with Gasteiger partial charge in [-0.3, -0.25) is 9.52 Å². The van der Waals surface area contributed by atoms with Crippen molar-refractivity contribution in [3.05, 3.63) is 64.6 Å². The second-order valence-corrected chi connectivity index (χ2v) is 11.6. The van der Waals surface area contributed by atoms with Crippen molar-refractivity contribution in [3.8, 4) is 0 Å². The lowest BCUT2D eigenvalue weighted by molar-refractivity contribution is -0.140. The fourth-order valence-corrected chi connectivity index (χ4v) is 5.15. The topological polar surface area (TPSA) is 91.4 Å². The van der Waals surface area contributed by atoms with Crippen molar-refractivity contribution in [1.29, 1.82) is 0 Å². The highest BCUT2D eigenvalue weighted by Crippen LogP contribution is 2.40. The third-order valence-corrected chi connectivity index (χ3v) is 7.20. The number of amides is 1. The molecule has 1 atom stereocenters. The molecule has 0 unspecified atom stereocenters. The van der Waals surface area contributed by atoms with Crippen molar-refractivity contribution in [3.63, 3.8) is 0 Å². The van der Waals surface area contributed by atoms with E-state index in [1.165, 1.54) is 42.2 Å². The van der Waals surface area contributed by atoms with E-state index in [4.69, 9.17) is 0 Å². The highest BCUT2D eigenvalue weighted by atomic mass is 32.2. The Hall–Kier alpha value is -3.55. The van der Waals surface area contributed by atoms with Gasteiger partial charge in [-0.15, -0.1) is 0 Å². The number of carbonyl (C=O) groups excluding carboxylic acids is 1. The molecule has 1 fully saturated rings. The van der Waals surface area contributed by atoms with Crippen LogP contribution in [0.3, 0.4) is 0 Å². The Morgan fingerprint density at radius 1 is 1.10 bits per heavy atom. The first-order valence-electron chi connectivity index (χ1n) is 12.2. The number of nitrogens with zero attached hydrogens (tertiary/aromatic N) is 2. The summed E-state index contributed by atoms with van der Waals surface area (Å²) in [7, 11) is -3.64. The zero-order chi connectivity index (χ0) is 29.6. The van der Waals surface area contributed by atoms with E-state index < -0.39 is 58.4 Å². The maximum atomic E-state index is 14.8. The van der Waals surface area contributed by atoms with Crippen LogP contribution in [-0.2, 0) is 16.2 Å². The Balaban J connectivity index is 1.62. The number of carbonyl (C=O) groups is 1. The second-order valence-electron chi connectivity index (χ2n) is 9.86. The third-order valence-electron chi connectivity index (χ3n) is 6.61. The van der Waals surface area contributed by atoms with E-state index in [1.807, 2.05) is 0 Å². The Kier molecular flexibility index (Phi) is 7.69. The molecule has 3 aromatic rings. The number of anilines is 2. The molecular formula is C26H26F6N4O3S. The van der Waals surface area contributed by atoms with Gasteiger partial charge < -0.3 is 10.2 Å². The van der Waals surface area contributed by atoms with E-state index >= 15 is 0 Å². The van der Waals surface area contributed by atoms with Crippen LogP contribution in [0.4, 0.5) is 37.7 Å². The zero-order valence-corrected chi connectivity index (χ0v) is 22.5. The van der Waals surface area contributed by atoms with E-state index in [2.05, 4.69) is 15.0 Å². The number of rotatable bonds is 6. The molecule has 4 rings (SSSR count). The van der Waals surface area contributed by atoms with Gasteiger partial charge in [0.05, 0.1) is 29.2 Å². The molecule has 7 nitrogen and oxygen atoms in total. The number of fused-ring (bicyclic) bond motifs is 1. The summed E-state index contributed by atoms with van der Waals surface area (Å²) < 4.78 is 109. The predicted molar refractivity (Wildman–Crippen MR) is 139 cm³/mol. The fraction of sp³-hybridized carbons (Fsp3) is 0.385. The largest absolute Gasteiger partial charge is 0.435 e. The molecule has 2 heterocycles. The molecule has 0 bridgehead atoms. The number of hydrogen-bond acceptors (Lipinski definition) is 5. The van der Waals surface area contributed by atoms with E-state index in [9.17, 15) is 39.6 Å². The minimum Gasteiger partial charge on any atom is -0.369 e. The third kappa shape index (κ3) is 6.60. The van der Waals surface area contributed by atoms with Gasteiger partial charge in [0.25, 0.3) is 11.8 Å². The van der Waals surface area contributed by atoms with Crippen molar-refractivity contribution in [1.82, 2.24) is 10.3 Å². The number of benzene rings is 2. The van der Waals surface area contributed by atoms with Crippen LogP contribution in [-0.4, -0.2) is 44.6 Å². The number of pyridine rings is 1. The van der Waals surface area contributed by atoms with Crippen molar-refractivity contribution in [2.45, 2.75) is 44.8 Å². The predicted octanol–water partition coefficient (Wildman–Crippen LogP) is 5.80. The summed E-state index contributed by atoms with van der Waals surface area (Å²) in [6.07, 6.45) is -5.09. The van der Waals surface area contributed by atoms with Gasteiger partial charge in [-0.1, -0.05) is 0 Å².